The number of anilines is 2. The minimum absolute atomic E-state index is 0.177. The van der Waals surface area contributed by atoms with Gasteiger partial charge in [0.1, 0.15) is 6.29 Å². The monoisotopic (exact) mass is 262 g/mol. The van der Waals surface area contributed by atoms with Crippen LogP contribution < -0.4 is 10.2 Å². The Hall–Kier alpha value is -1.55. The van der Waals surface area contributed by atoms with Crippen LogP contribution in [0.5, 0.6) is 0 Å². The van der Waals surface area contributed by atoms with Crippen LogP contribution in [0.3, 0.4) is 0 Å². The quantitative estimate of drug-likeness (QED) is 0.827. The Morgan fingerprint density at radius 2 is 2.32 bits per heavy atom. The van der Waals surface area contributed by atoms with Crippen molar-refractivity contribution in [1.29, 1.82) is 0 Å². The summed E-state index contributed by atoms with van der Waals surface area (Å²) in [5.41, 5.74) is 2.16. The number of aldehydes is 1. The Kier molecular flexibility index (Phi) is 4.80. The Morgan fingerprint density at radius 1 is 1.53 bits per heavy atom. The minimum Gasteiger partial charge on any atom is -0.375 e. The van der Waals surface area contributed by atoms with Gasteiger partial charge in [-0.25, -0.2) is 0 Å². The Bertz CT molecular complexity index is 422. The zero-order valence-corrected chi connectivity index (χ0v) is 11.6. The summed E-state index contributed by atoms with van der Waals surface area (Å²) in [5, 5.41) is 3.24. The molecule has 4 heteroatoms. The summed E-state index contributed by atoms with van der Waals surface area (Å²) in [6.45, 7) is 6.57. The van der Waals surface area contributed by atoms with Crippen LogP contribution in [0.4, 0.5) is 11.4 Å². The van der Waals surface area contributed by atoms with E-state index in [-0.39, 0.29) is 6.04 Å². The molecule has 1 aromatic rings. The van der Waals surface area contributed by atoms with E-state index in [9.17, 15) is 4.79 Å². The van der Waals surface area contributed by atoms with E-state index in [1.165, 1.54) is 0 Å². The van der Waals surface area contributed by atoms with Crippen molar-refractivity contribution in [3.63, 3.8) is 0 Å². The topological polar surface area (TPSA) is 41.6 Å². The molecular formula is C15H22N2O2. The molecule has 19 heavy (non-hydrogen) atoms. The summed E-state index contributed by atoms with van der Waals surface area (Å²) >= 11 is 0. The van der Waals surface area contributed by atoms with E-state index in [0.29, 0.717) is 6.10 Å². The number of hydrogen-bond donors (Lipinski definition) is 1. The van der Waals surface area contributed by atoms with Gasteiger partial charge < -0.3 is 19.7 Å². The number of para-hydroxylation sites is 2. The fourth-order valence-electron chi connectivity index (χ4n) is 2.34. The third-order valence-electron chi connectivity index (χ3n) is 3.43. The van der Waals surface area contributed by atoms with Crippen LogP contribution in [0.15, 0.2) is 24.3 Å². The van der Waals surface area contributed by atoms with Crippen molar-refractivity contribution in [2.75, 3.05) is 29.9 Å². The van der Waals surface area contributed by atoms with E-state index in [4.69, 9.17) is 4.74 Å². The van der Waals surface area contributed by atoms with Gasteiger partial charge in [0.2, 0.25) is 0 Å². The first-order chi connectivity index (χ1) is 9.24. The van der Waals surface area contributed by atoms with Gasteiger partial charge in [0.15, 0.2) is 0 Å². The number of rotatable bonds is 5. The van der Waals surface area contributed by atoms with Gasteiger partial charge in [-0.05, 0) is 25.5 Å². The zero-order valence-electron chi connectivity index (χ0n) is 11.6. The molecule has 1 aliphatic rings. The Morgan fingerprint density at radius 3 is 3.05 bits per heavy atom. The highest BCUT2D eigenvalue weighted by Crippen LogP contribution is 2.28. The molecule has 1 saturated heterocycles. The summed E-state index contributed by atoms with van der Waals surface area (Å²) in [5.74, 6) is 0. The molecule has 104 valence electrons. The van der Waals surface area contributed by atoms with Crippen LogP contribution in [0.2, 0.25) is 0 Å². The van der Waals surface area contributed by atoms with Crippen molar-refractivity contribution in [1.82, 2.24) is 0 Å². The lowest BCUT2D eigenvalue weighted by atomic mass is 10.1. The summed E-state index contributed by atoms with van der Waals surface area (Å²) in [6, 6.07) is 7.96. The van der Waals surface area contributed by atoms with E-state index in [1.807, 2.05) is 25.1 Å². The lowest BCUT2D eigenvalue weighted by Gasteiger charge is -2.35. The van der Waals surface area contributed by atoms with E-state index in [1.54, 1.807) is 0 Å². The van der Waals surface area contributed by atoms with E-state index in [0.717, 1.165) is 43.8 Å². The summed E-state index contributed by atoms with van der Waals surface area (Å²) in [6.07, 6.45) is 2.24. The number of nitrogens with zero attached hydrogens (tertiary/aromatic N) is 1. The fraction of sp³-hybridized carbons (Fsp3) is 0.533. The molecule has 4 nitrogen and oxygen atoms in total. The van der Waals surface area contributed by atoms with Gasteiger partial charge in [-0.2, -0.15) is 0 Å². The van der Waals surface area contributed by atoms with Crippen LogP contribution in [0, 0.1) is 0 Å². The van der Waals surface area contributed by atoms with Crippen molar-refractivity contribution in [2.45, 2.75) is 32.4 Å². The largest absolute Gasteiger partial charge is 0.375 e. The predicted molar refractivity (Wildman–Crippen MR) is 77.8 cm³/mol. The maximum absolute atomic E-state index is 10.8. The molecule has 0 bridgehead atoms. The van der Waals surface area contributed by atoms with E-state index >= 15 is 0 Å². The second-order valence-electron chi connectivity index (χ2n) is 4.93. The highest BCUT2D eigenvalue weighted by Gasteiger charge is 2.21. The fourth-order valence-corrected chi connectivity index (χ4v) is 2.34. The predicted octanol–water partition coefficient (Wildman–Crippen LogP) is 2.30. The normalized spacial score (nSPS) is 20.9. The molecule has 1 N–H and O–H groups in total. The van der Waals surface area contributed by atoms with Crippen LogP contribution in [-0.2, 0) is 9.53 Å². The van der Waals surface area contributed by atoms with Gasteiger partial charge in [0, 0.05) is 13.1 Å². The van der Waals surface area contributed by atoms with Crippen LogP contribution in [0.1, 0.15) is 20.3 Å². The third kappa shape index (κ3) is 3.47. The van der Waals surface area contributed by atoms with Gasteiger partial charge >= 0.3 is 0 Å². The molecule has 2 rings (SSSR count). The molecule has 1 heterocycles. The van der Waals surface area contributed by atoms with Crippen molar-refractivity contribution in [3.05, 3.63) is 24.3 Å². The molecule has 0 saturated carbocycles. The molecule has 2 unspecified atom stereocenters. The maximum atomic E-state index is 10.8. The number of benzene rings is 1. The first-order valence-corrected chi connectivity index (χ1v) is 6.92. The SMILES string of the molecule is CCC1CN(c2ccccc2NC(C)C=O)CCO1. The number of carbonyl (C=O) groups is 1. The highest BCUT2D eigenvalue weighted by atomic mass is 16.5. The second-order valence-corrected chi connectivity index (χ2v) is 4.93. The molecule has 2 atom stereocenters. The van der Waals surface area contributed by atoms with Crippen LogP contribution in [-0.4, -0.2) is 38.1 Å². The van der Waals surface area contributed by atoms with Gasteiger partial charge in [-0.3, -0.25) is 0 Å². The van der Waals surface area contributed by atoms with Crippen molar-refractivity contribution >= 4 is 17.7 Å². The molecule has 0 radical (unpaired) electrons. The summed E-state index contributed by atoms with van der Waals surface area (Å²) in [4.78, 5) is 13.1. The van der Waals surface area contributed by atoms with Crippen molar-refractivity contribution in [2.24, 2.45) is 0 Å². The number of morpholine rings is 1. The number of nitrogens with one attached hydrogen (secondary N) is 1. The molecule has 0 aromatic heterocycles. The third-order valence-corrected chi connectivity index (χ3v) is 3.43. The molecule has 0 amide bonds. The highest BCUT2D eigenvalue weighted by molar-refractivity contribution is 5.74. The van der Waals surface area contributed by atoms with Gasteiger partial charge in [0.25, 0.3) is 0 Å². The van der Waals surface area contributed by atoms with Crippen LogP contribution >= 0.6 is 0 Å². The lowest BCUT2D eigenvalue weighted by Crippen LogP contribution is -2.42. The Balaban J connectivity index is 2.16. The van der Waals surface area contributed by atoms with Crippen molar-refractivity contribution in [3.8, 4) is 0 Å². The summed E-state index contributed by atoms with van der Waals surface area (Å²) in [7, 11) is 0. The second kappa shape index (κ2) is 6.57. The van der Waals surface area contributed by atoms with Crippen LogP contribution in [0.25, 0.3) is 0 Å². The molecule has 1 aliphatic heterocycles. The van der Waals surface area contributed by atoms with E-state index in [2.05, 4.69) is 23.2 Å². The Labute approximate surface area is 114 Å². The maximum Gasteiger partial charge on any atom is 0.141 e. The molecule has 1 aromatic carbocycles. The number of ether oxygens (including phenoxy) is 1. The zero-order chi connectivity index (χ0) is 13.7. The lowest BCUT2D eigenvalue weighted by molar-refractivity contribution is -0.108. The molecular weight excluding hydrogens is 240 g/mol. The first kappa shape index (κ1) is 13.9. The average Bonchev–Trinajstić information content (AvgIpc) is 2.47. The number of carbonyl (C=O) groups excluding carboxylic acids is 1. The standard InChI is InChI=1S/C15H22N2O2/c1-3-13-10-17(8-9-19-13)15-7-5-4-6-14(15)16-12(2)11-18/h4-7,11-13,16H,3,8-10H2,1-2H3. The van der Waals surface area contributed by atoms with Gasteiger partial charge in [-0.1, -0.05) is 19.1 Å². The molecule has 0 spiro atoms. The minimum atomic E-state index is -0.177. The first-order valence-electron chi connectivity index (χ1n) is 6.92. The van der Waals surface area contributed by atoms with E-state index < -0.39 is 0 Å². The van der Waals surface area contributed by atoms with Gasteiger partial charge in [-0.15, -0.1) is 0 Å². The number of hydrogen-bond acceptors (Lipinski definition) is 4. The molecule has 1 fully saturated rings. The summed E-state index contributed by atoms with van der Waals surface area (Å²) < 4.78 is 5.70. The molecule has 0 aliphatic carbocycles. The average molecular weight is 262 g/mol. The van der Waals surface area contributed by atoms with Gasteiger partial charge in [0.05, 0.1) is 30.1 Å². The van der Waals surface area contributed by atoms with Crippen molar-refractivity contribution < 1.29 is 9.53 Å². The smallest absolute Gasteiger partial charge is 0.141 e.